The Morgan fingerprint density at radius 1 is 0.815 bits per heavy atom. The third kappa shape index (κ3) is 4.95. The average Bonchev–Trinajstić information content (AvgIpc) is 2.70. The van der Waals surface area contributed by atoms with Gasteiger partial charge in [-0.1, -0.05) is 42.5 Å². The van der Waals surface area contributed by atoms with Gasteiger partial charge in [0.05, 0.1) is 17.7 Å². The van der Waals surface area contributed by atoms with Crippen molar-refractivity contribution in [3.63, 3.8) is 0 Å². The lowest BCUT2D eigenvalue weighted by Gasteiger charge is -2.10. The van der Waals surface area contributed by atoms with E-state index in [2.05, 4.69) is 17.4 Å². The van der Waals surface area contributed by atoms with Crippen molar-refractivity contribution < 1.29 is 14.3 Å². The molecule has 0 aliphatic carbocycles. The third-order valence-electron chi connectivity index (χ3n) is 4.05. The molecule has 3 aromatic carbocycles. The van der Waals surface area contributed by atoms with Gasteiger partial charge in [-0.15, -0.1) is 0 Å². The molecule has 2 amide bonds. The van der Waals surface area contributed by atoms with Gasteiger partial charge in [-0.3, -0.25) is 9.59 Å². The van der Waals surface area contributed by atoms with E-state index >= 15 is 0 Å². The topological polar surface area (TPSA) is 81.4 Å². The lowest BCUT2D eigenvalue weighted by atomic mass is 10.1. The fraction of sp³-hybridized carbons (Fsp3) is 0.0909. The molecule has 0 aliphatic heterocycles. The molecule has 0 heterocycles. The lowest BCUT2D eigenvalue weighted by molar-refractivity contribution is 0.0977. The third-order valence-corrected chi connectivity index (χ3v) is 4.05. The van der Waals surface area contributed by atoms with E-state index in [0.29, 0.717) is 12.3 Å². The fourth-order valence-corrected chi connectivity index (χ4v) is 2.66. The van der Waals surface area contributed by atoms with Gasteiger partial charge >= 0.3 is 0 Å². The molecule has 0 fully saturated rings. The Kier molecular flexibility index (Phi) is 5.84. The number of primary amides is 1. The highest BCUT2D eigenvalue weighted by Gasteiger charge is 2.14. The van der Waals surface area contributed by atoms with Gasteiger partial charge in [0, 0.05) is 12.1 Å². The number of rotatable bonds is 7. The van der Waals surface area contributed by atoms with Crippen molar-refractivity contribution >= 4 is 17.5 Å². The molecule has 5 nitrogen and oxygen atoms in total. The van der Waals surface area contributed by atoms with Gasteiger partial charge in [0.1, 0.15) is 5.75 Å². The first-order chi connectivity index (χ1) is 13.1. The van der Waals surface area contributed by atoms with Gasteiger partial charge in [-0.05, 0) is 42.0 Å². The Labute approximate surface area is 157 Å². The molecule has 0 spiro atoms. The Bertz CT molecular complexity index is 922. The summed E-state index contributed by atoms with van der Waals surface area (Å²) < 4.78 is 5.73. The van der Waals surface area contributed by atoms with Crippen LogP contribution < -0.4 is 15.8 Å². The minimum Gasteiger partial charge on any atom is -0.493 e. The van der Waals surface area contributed by atoms with E-state index in [1.54, 1.807) is 42.5 Å². The molecule has 5 heteroatoms. The monoisotopic (exact) mass is 360 g/mol. The van der Waals surface area contributed by atoms with E-state index in [-0.39, 0.29) is 17.0 Å². The summed E-state index contributed by atoms with van der Waals surface area (Å²) in [5.74, 6) is -0.300. The van der Waals surface area contributed by atoms with Crippen LogP contribution in [0.3, 0.4) is 0 Å². The average molecular weight is 360 g/mol. The van der Waals surface area contributed by atoms with Crippen molar-refractivity contribution in [2.45, 2.75) is 6.42 Å². The van der Waals surface area contributed by atoms with Crippen molar-refractivity contribution in [2.75, 3.05) is 11.9 Å². The molecule has 3 rings (SSSR count). The summed E-state index contributed by atoms with van der Waals surface area (Å²) >= 11 is 0. The molecule has 0 saturated heterocycles. The maximum absolute atomic E-state index is 12.4. The van der Waals surface area contributed by atoms with E-state index in [4.69, 9.17) is 10.5 Å². The predicted octanol–water partition coefficient (Wildman–Crippen LogP) is 3.66. The van der Waals surface area contributed by atoms with Crippen molar-refractivity contribution in [1.82, 2.24) is 0 Å². The zero-order valence-corrected chi connectivity index (χ0v) is 14.7. The van der Waals surface area contributed by atoms with Crippen LogP contribution in [-0.2, 0) is 6.42 Å². The van der Waals surface area contributed by atoms with Crippen LogP contribution in [0.2, 0.25) is 0 Å². The molecule has 0 unspecified atom stereocenters. The smallest absolute Gasteiger partial charge is 0.256 e. The summed E-state index contributed by atoms with van der Waals surface area (Å²) in [4.78, 5) is 23.9. The second-order valence-electron chi connectivity index (χ2n) is 5.97. The molecular formula is C22H20N2O3. The molecule has 0 bridgehead atoms. The van der Waals surface area contributed by atoms with Crippen molar-refractivity contribution in [2.24, 2.45) is 5.73 Å². The molecule has 3 N–H and O–H groups in total. The number of ether oxygens (including phenoxy) is 1. The standard InChI is InChI=1S/C22H20N2O3/c23-21(25)19-8-4-5-9-20(19)22(26)24-17-10-12-18(13-11-17)27-15-14-16-6-2-1-3-7-16/h1-13H,14-15H2,(H2,23,25)(H,24,26). The first-order valence-corrected chi connectivity index (χ1v) is 8.60. The summed E-state index contributed by atoms with van der Waals surface area (Å²) in [7, 11) is 0. The molecule has 0 atom stereocenters. The van der Waals surface area contributed by atoms with Crippen molar-refractivity contribution in [1.29, 1.82) is 0 Å². The minimum atomic E-state index is -0.636. The van der Waals surface area contributed by atoms with Gasteiger partial charge in [-0.25, -0.2) is 0 Å². The van der Waals surface area contributed by atoms with E-state index in [9.17, 15) is 9.59 Å². The van der Waals surface area contributed by atoms with Crippen LogP contribution in [0, 0.1) is 0 Å². The largest absolute Gasteiger partial charge is 0.493 e. The van der Waals surface area contributed by atoms with Crippen LogP contribution in [0.5, 0.6) is 5.75 Å². The Hall–Kier alpha value is -3.60. The van der Waals surface area contributed by atoms with Gasteiger partial charge in [0.15, 0.2) is 0 Å². The Morgan fingerprint density at radius 3 is 2.11 bits per heavy atom. The second kappa shape index (κ2) is 8.67. The summed E-state index contributed by atoms with van der Waals surface area (Å²) in [5.41, 5.74) is 7.58. The SMILES string of the molecule is NC(=O)c1ccccc1C(=O)Nc1ccc(OCCc2ccccc2)cc1. The number of benzene rings is 3. The molecule has 27 heavy (non-hydrogen) atoms. The molecule has 0 saturated carbocycles. The number of nitrogens with one attached hydrogen (secondary N) is 1. The molecule has 3 aromatic rings. The van der Waals surface area contributed by atoms with Crippen LogP contribution >= 0.6 is 0 Å². The van der Waals surface area contributed by atoms with Crippen LogP contribution in [0.4, 0.5) is 5.69 Å². The van der Waals surface area contributed by atoms with Gasteiger partial charge in [0.2, 0.25) is 5.91 Å². The highest BCUT2D eigenvalue weighted by Crippen LogP contribution is 2.18. The molecular weight excluding hydrogens is 340 g/mol. The number of carbonyl (C=O) groups excluding carboxylic acids is 2. The lowest BCUT2D eigenvalue weighted by Crippen LogP contribution is -2.20. The van der Waals surface area contributed by atoms with Crippen LogP contribution in [0.1, 0.15) is 26.3 Å². The molecule has 136 valence electrons. The number of hydrogen-bond donors (Lipinski definition) is 2. The van der Waals surface area contributed by atoms with Gasteiger partial charge < -0.3 is 15.8 Å². The minimum absolute atomic E-state index is 0.191. The first kappa shape index (κ1) is 18.2. The van der Waals surface area contributed by atoms with Gasteiger partial charge in [0.25, 0.3) is 5.91 Å². The summed E-state index contributed by atoms with van der Waals surface area (Å²) in [6.07, 6.45) is 0.823. The van der Waals surface area contributed by atoms with E-state index in [1.807, 2.05) is 18.2 Å². The quantitative estimate of drug-likeness (QED) is 0.675. The van der Waals surface area contributed by atoms with E-state index in [1.165, 1.54) is 11.6 Å². The Morgan fingerprint density at radius 2 is 1.44 bits per heavy atom. The zero-order chi connectivity index (χ0) is 19.1. The molecule has 0 aromatic heterocycles. The number of anilines is 1. The van der Waals surface area contributed by atoms with Crippen LogP contribution in [0.15, 0.2) is 78.9 Å². The molecule has 0 aliphatic rings. The summed E-state index contributed by atoms with van der Waals surface area (Å²) in [5, 5.41) is 2.76. The van der Waals surface area contributed by atoms with E-state index in [0.717, 1.165) is 12.2 Å². The normalized spacial score (nSPS) is 10.2. The van der Waals surface area contributed by atoms with Gasteiger partial charge in [-0.2, -0.15) is 0 Å². The fourth-order valence-electron chi connectivity index (χ4n) is 2.66. The molecule has 0 radical (unpaired) electrons. The van der Waals surface area contributed by atoms with Crippen molar-refractivity contribution in [3.05, 3.63) is 95.6 Å². The number of amides is 2. The predicted molar refractivity (Wildman–Crippen MR) is 105 cm³/mol. The first-order valence-electron chi connectivity index (χ1n) is 8.60. The second-order valence-corrected chi connectivity index (χ2v) is 5.97. The number of hydrogen-bond acceptors (Lipinski definition) is 3. The van der Waals surface area contributed by atoms with Crippen molar-refractivity contribution in [3.8, 4) is 5.75 Å². The maximum Gasteiger partial charge on any atom is 0.256 e. The highest BCUT2D eigenvalue weighted by atomic mass is 16.5. The number of nitrogens with two attached hydrogens (primary N) is 1. The van der Waals surface area contributed by atoms with Crippen LogP contribution in [0.25, 0.3) is 0 Å². The van der Waals surface area contributed by atoms with E-state index < -0.39 is 5.91 Å². The Balaban J connectivity index is 1.57. The van der Waals surface area contributed by atoms with Crippen LogP contribution in [-0.4, -0.2) is 18.4 Å². The highest BCUT2D eigenvalue weighted by molar-refractivity contribution is 6.11. The number of carbonyl (C=O) groups is 2. The summed E-state index contributed by atoms with van der Waals surface area (Å²) in [6.45, 7) is 0.571. The zero-order valence-electron chi connectivity index (χ0n) is 14.7. The summed E-state index contributed by atoms with van der Waals surface area (Å²) in [6, 6.07) is 23.6. The maximum atomic E-state index is 12.4.